The zero-order valence-corrected chi connectivity index (χ0v) is 17.3. The van der Waals surface area contributed by atoms with Crippen molar-refractivity contribution >= 4 is 17.5 Å². The summed E-state index contributed by atoms with van der Waals surface area (Å²) in [6.07, 6.45) is 0.638. The molecule has 0 N–H and O–H groups in total. The number of fused-ring (bicyclic) bond motifs is 1. The lowest BCUT2D eigenvalue weighted by molar-refractivity contribution is 0.0733. The fraction of sp³-hybridized carbons (Fsp3) is 0.182. The van der Waals surface area contributed by atoms with Crippen molar-refractivity contribution in [3.05, 3.63) is 76.2 Å². The minimum Gasteiger partial charge on any atom is -0.334 e. The summed E-state index contributed by atoms with van der Waals surface area (Å²) in [5.74, 6) is -0.209. The molecule has 1 aliphatic rings. The molecule has 0 bridgehead atoms. The molecule has 5 rings (SSSR count). The monoisotopic (exact) mass is 437 g/mol. The largest absolute Gasteiger partial charge is 0.334 e. The van der Waals surface area contributed by atoms with Gasteiger partial charge in [0.05, 0.1) is 12.1 Å². The summed E-state index contributed by atoms with van der Waals surface area (Å²) in [5, 5.41) is 8.97. The Balaban J connectivity index is 1.48. The minimum absolute atomic E-state index is 0.111. The molecule has 1 amide bonds. The molecular formula is C22H17ClFN5O2. The third kappa shape index (κ3) is 3.48. The van der Waals surface area contributed by atoms with Gasteiger partial charge in [-0.15, -0.1) is 0 Å². The number of halogens is 2. The van der Waals surface area contributed by atoms with Gasteiger partial charge in [-0.05, 0) is 30.3 Å². The predicted octanol–water partition coefficient (Wildman–Crippen LogP) is 4.13. The molecule has 0 fully saturated rings. The van der Waals surface area contributed by atoms with Crippen molar-refractivity contribution in [2.45, 2.75) is 13.0 Å². The van der Waals surface area contributed by atoms with Crippen LogP contribution in [0, 0.1) is 5.82 Å². The molecule has 0 saturated carbocycles. The Bertz CT molecular complexity index is 1300. The van der Waals surface area contributed by atoms with Crippen molar-refractivity contribution in [2.24, 2.45) is 7.05 Å². The van der Waals surface area contributed by atoms with Crippen molar-refractivity contribution in [3.63, 3.8) is 0 Å². The van der Waals surface area contributed by atoms with E-state index in [1.54, 1.807) is 52.0 Å². The van der Waals surface area contributed by atoms with Crippen LogP contribution >= 0.6 is 11.6 Å². The molecule has 0 radical (unpaired) electrons. The van der Waals surface area contributed by atoms with Gasteiger partial charge in [-0.2, -0.15) is 10.1 Å². The van der Waals surface area contributed by atoms with Gasteiger partial charge >= 0.3 is 0 Å². The first-order chi connectivity index (χ1) is 15.0. The molecule has 2 aromatic heterocycles. The Labute approximate surface area is 182 Å². The normalized spacial score (nSPS) is 13.3. The van der Waals surface area contributed by atoms with Crippen LogP contribution in [0.3, 0.4) is 0 Å². The van der Waals surface area contributed by atoms with Gasteiger partial charge in [0.25, 0.3) is 11.8 Å². The highest BCUT2D eigenvalue weighted by Crippen LogP contribution is 2.31. The molecule has 9 heteroatoms. The summed E-state index contributed by atoms with van der Waals surface area (Å²) in [7, 11) is 1.84. The van der Waals surface area contributed by atoms with E-state index >= 15 is 0 Å². The summed E-state index contributed by atoms with van der Waals surface area (Å²) < 4.78 is 21.3. The molecule has 3 heterocycles. The molecule has 1 aliphatic heterocycles. The summed E-state index contributed by atoms with van der Waals surface area (Å²) >= 11 is 6.04. The van der Waals surface area contributed by atoms with E-state index in [1.165, 1.54) is 6.07 Å². The van der Waals surface area contributed by atoms with Crippen LogP contribution in [0.4, 0.5) is 4.39 Å². The summed E-state index contributed by atoms with van der Waals surface area (Å²) in [5.41, 5.74) is 3.11. The number of rotatable bonds is 3. The highest BCUT2D eigenvalue weighted by Gasteiger charge is 2.30. The number of carbonyl (C=O) groups is 1. The van der Waals surface area contributed by atoms with Crippen molar-refractivity contribution in [3.8, 4) is 23.0 Å². The number of aryl methyl sites for hydroxylation is 1. The highest BCUT2D eigenvalue weighted by atomic mass is 35.5. The van der Waals surface area contributed by atoms with Crippen molar-refractivity contribution in [2.75, 3.05) is 6.54 Å². The molecule has 0 aliphatic carbocycles. The number of hydrogen-bond donors (Lipinski definition) is 0. The average molecular weight is 438 g/mol. The predicted molar refractivity (Wildman–Crippen MR) is 112 cm³/mol. The first-order valence-corrected chi connectivity index (χ1v) is 10.1. The van der Waals surface area contributed by atoms with E-state index in [0.717, 1.165) is 11.3 Å². The topological polar surface area (TPSA) is 77.1 Å². The van der Waals surface area contributed by atoms with E-state index < -0.39 is 5.82 Å². The summed E-state index contributed by atoms with van der Waals surface area (Å²) in [6, 6.07) is 13.1. The lowest BCUT2D eigenvalue weighted by Gasteiger charge is -2.27. The van der Waals surface area contributed by atoms with Gasteiger partial charge in [0.2, 0.25) is 5.82 Å². The second-order valence-electron chi connectivity index (χ2n) is 7.29. The van der Waals surface area contributed by atoms with Gasteiger partial charge in [-0.25, -0.2) is 4.39 Å². The molecule has 31 heavy (non-hydrogen) atoms. The average Bonchev–Trinajstić information content (AvgIpc) is 3.38. The van der Waals surface area contributed by atoms with Crippen LogP contribution in [0.1, 0.15) is 21.6 Å². The number of amides is 1. The molecule has 4 aromatic rings. The van der Waals surface area contributed by atoms with Crippen LogP contribution in [0.25, 0.3) is 23.0 Å². The van der Waals surface area contributed by atoms with E-state index in [0.29, 0.717) is 35.8 Å². The lowest BCUT2D eigenvalue weighted by Crippen LogP contribution is -2.36. The maximum absolute atomic E-state index is 14.1. The van der Waals surface area contributed by atoms with Gasteiger partial charge in [0, 0.05) is 41.9 Å². The second-order valence-corrected chi connectivity index (χ2v) is 7.72. The Morgan fingerprint density at radius 1 is 1.19 bits per heavy atom. The lowest BCUT2D eigenvalue weighted by atomic mass is 10.0. The molecule has 0 unspecified atom stereocenters. The Hall–Kier alpha value is -3.52. The maximum atomic E-state index is 14.1. The van der Waals surface area contributed by atoms with Crippen molar-refractivity contribution in [1.29, 1.82) is 0 Å². The first kappa shape index (κ1) is 19.4. The van der Waals surface area contributed by atoms with E-state index in [2.05, 4.69) is 15.2 Å². The van der Waals surface area contributed by atoms with E-state index in [1.807, 2.05) is 7.05 Å². The van der Waals surface area contributed by atoms with Gasteiger partial charge in [-0.3, -0.25) is 9.48 Å². The van der Waals surface area contributed by atoms with Gasteiger partial charge in [0.1, 0.15) is 5.82 Å². The van der Waals surface area contributed by atoms with Crippen LogP contribution in [-0.4, -0.2) is 37.3 Å². The Morgan fingerprint density at radius 3 is 2.84 bits per heavy atom. The SMILES string of the molecule is Cn1nc(-c2nc(-c3ccccc3F)no2)c2c1CCN(C(=O)c1cccc(Cl)c1)C2. The molecule has 156 valence electrons. The third-order valence-electron chi connectivity index (χ3n) is 5.34. The molecular weight excluding hydrogens is 421 g/mol. The number of carbonyl (C=O) groups excluding carboxylic acids is 1. The third-order valence-corrected chi connectivity index (χ3v) is 5.58. The van der Waals surface area contributed by atoms with Crippen LogP contribution < -0.4 is 0 Å². The van der Waals surface area contributed by atoms with Crippen LogP contribution in [-0.2, 0) is 20.0 Å². The smallest absolute Gasteiger partial charge is 0.279 e. The van der Waals surface area contributed by atoms with Gasteiger partial charge in [-0.1, -0.05) is 35.0 Å². The van der Waals surface area contributed by atoms with Crippen molar-refractivity contribution < 1.29 is 13.7 Å². The molecule has 0 saturated heterocycles. The summed E-state index contributed by atoms with van der Waals surface area (Å²) in [6.45, 7) is 0.906. The fourth-order valence-corrected chi connectivity index (χ4v) is 4.00. The molecule has 7 nitrogen and oxygen atoms in total. The molecule has 2 aromatic carbocycles. The highest BCUT2D eigenvalue weighted by molar-refractivity contribution is 6.30. The van der Waals surface area contributed by atoms with Gasteiger partial charge < -0.3 is 9.42 Å². The van der Waals surface area contributed by atoms with E-state index in [9.17, 15) is 9.18 Å². The van der Waals surface area contributed by atoms with Crippen molar-refractivity contribution in [1.82, 2.24) is 24.8 Å². The number of aromatic nitrogens is 4. The quantitative estimate of drug-likeness (QED) is 0.481. The Morgan fingerprint density at radius 2 is 2.03 bits per heavy atom. The molecule has 0 spiro atoms. The minimum atomic E-state index is -0.434. The molecule has 0 atom stereocenters. The summed E-state index contributed by atoms with van der Waals surface area (Å²) in [4.78, 5) is 19.1. The standard InChI is InChI=1S/C22H17ClFN5O2/c1-28-18-9-10-29(22(30)13-5-4-6-14(23)11-13)12-16(18)19(26-28)21-25-20(27-31-21)15-7-2-3-8-17(15)24/h2-8,11H,9-10,12H2,1H3. The fourth-order valence-electron chi connectivity index (χ4n) is 3.81. The maximum Gasteiger partial charge on any atom is 0.279 e. The Kier molecular flexibility index (Phi) is 4.78. The van der Waals surface area contributed by atoms with Gasteiger partial charge in [0.15, 0.2) is 5.69 Å². The zero-order chi connectivity index (χ0) is 21.5. The number of hydrogen-bond acceptors (Lipinski definition) is 5. The van der Waals surface area contributed by atoms with Crippen LogP contribution in [0.2, 0.25) is 5.02 Å². The van der Waals surface area contributed by atoms with E-state index in [-0.39, 0.29) is 23.2 Å². The number of nitrogens with zero attached hydrogens (tertiary/aromatic N) is 5. The van der Waals surface area contributed by atoms with Crippen LogP contribution in [0.5, 0.6) is 0 Å². The number of benzene rings is 2. The first-order valence-electron chi connectivity index (χ1n) is 9.70. The zero-order valence-electron chi connectivity index (χ0n) is 16.5. The van der Waals surface area contributed by atoms with E-state index in [4.69, 9.17) is 16.1 Å². The van der Waals surface area contributed by atoms with Crippen LogP contribution in [0.15, 0.2) is 53.1 Å². The second kappa shape index (κ2) is 7.63.